The lowest BCUT2D eigenvalue weighted by atomic mass is 9.90. The van der Waals surface area contributed by atoms with Crippen LogP contribution < -0.4 is 5.32 Å². The summed E-state index contributed by atoms with van der Waals surface area (Å²) >= 11 is 0. The molecule has 166 valence electrons. The van der Waals surface area contributed by atoms with E-state index >= 15 is 0 Å². The van der Waals surface area contributed by atoms with Crippen LogP contribution in [0.3, 0.4) is 0 Å². The number of ether oxygens (including phenoxy) is 2. The summed E-state index contributed by atoms with van der Waals surface area (Å²) in [5.74, 6) is 2.47. The van der Waals surface area contributed by atoms with Crippen molar-refractivity contribution in [3.8, 4) is 0 Å². The van der Waals surface area contributed by atoms with Crippen molar-refractivity contribution < 1.29 is 14.3 Å². The zero-order valence-electron chi connectivity index (χ0n) is 18.0. The molecule has 8 nitrogen and oxygen atoms in total. The van der Waals surface area contributed by atoms with Crippen LogP contribution in [0.5, 0.6) is 0 Å². The van der Waals surface area contributed by atoms with Crippen LogP contribution in [-0.4, -0.2) is 70.2 Å². The Labute approximate surface area is 178 Å². The molecule has 30 heavy (non-hydrogen) atoms. The number of nitrogens with one attached hydrogen (secondary N) is 1. The molecule has 0 bridgehead atoms. The predicted molar refractivity (Wildman–Crippen MR) is 111 cm³/mol. The second-order valence-electron chi connectivity index (χ2n) is 9.46. The van der Waals surface area contributed by atoms with Crippen LogP contribution in [0, 0.1) is 0 Å². The highest BCUT2D eigenvalue weighted by molar-refractivity contribution is 5.78. The molecule has 1 saturated carbocycles. The van der Waals surface area contributed by atoms with E-state index in [1.165, 1.54) is 19.3 Å². The minimum Gasteiger partial charge on any atom is -0.352 e. The van der Waals surface area contributed by atoms with E-state index in [-0.39, 0.29) is 17.7 Å². The van der Waals surface area contributed by atoms with Gasteiger partial charge in [0.05, 0.1) is 19.8 Å². The molecular formula is C22H35N5O3. The van der Waals surface area contributed by atoms with Gasteiger partial charge in [-0.2, -0.15) is 0 Å². The third kappa shape index (κ3) is 4.41. The molecule has 4 heterocycles. The summed E-state index contributed by atoms with van der Waals surface area (Å²) in [5, 5.41) is 12.3. The number of aryl methyl sites for hydroxylation is 1. The Morgan fingerprint density at radius 3 is 2.70 bits per heavy atom. The van der Waals surface area contributed by atoms with Crippen molar-refractivity contribution in [2.75, 3.05) is 32.8 Å². The van der Waals surface area contributed by atoms with Gasteiger partial charge in [0, 0.05) is 44.3 Å². The third-order valence-electron chi connectivity index (χ3n) is 7.30. The first kappa shape index (κ1) is 20.4. The number of nitrogens with zero attached hydrogens (tertiary/aromatic N) is 4. The lowest BCUT2D eigenvalue weighted by Gasteiger charge is -2.36. The topological polar surface area (TPSA) is 81.5 Å². The molecule has 3 fully saturated rings. The fourth-order valence-corrected chi connectivity index (χ4v) is 5.68. The molecule has 5 rings (SSSR count). The third-order valence-corrected chi connectivity index (χ3v) is 7.30. The number of carbonyl (C=O) groups is 1. The van der Waals surface area contributed by atoms with Gasteiger partial charge in [0.1, 0.15) is 11.6 Å². The fraction of sp³-hybridized carbons (Fsp3) is 0.864. The standard InChI is InChI=1S/C22H35N5O3/c28-20(23-18-7-9-22(10-8-18)29-13-14-30-22)16-26-11-4-5-17(15-26)21-25-24-19-6-2-1-3-12-27(19)21/h17-18H,1-16H2,(H,23,28). The number of carbonyl (C=O) groups excluding carboxylic acids is 1. The first-order valence-corrected chi connectivity index (χ1v) is 11.9. The summed E-state index contributed by atoms with van der Waals surface area (Å²) < 4.78 is 14.0. The van der Waals surface area contributed by atoms with Crippen molar-refractivity contribution in [3.63, 3.8) is 0 Å². The average Bonchev–Trinajstić information content (AvgIpc) is 3.31. The zero-order chi connectivity index (χ0) is 20.4. The Balaban J connectivity index is 1.13. The van der Waals surface area contributed by atoms with E-state index in [0.717, 1.165) is 76.2 Å². The first-order valence-electron chi connectivity index (χ1n) is 11.9. The van der Waals surface area contributed by atoms with Gasteiger partial charge in [-0.3, -0.25) is 9.69 Å². The minimum absolute atomic E-state index is 0.143. The van der Waals surface area contributed by atoms with Crippen LogP contribution in [0.25, 0.3) is 0 Å². The van der Waals surface area contributed by atoms with Crippen LogP contribution in [0.2, 0.25) is 0 Å². The Morgan fingerprint density at radius 1 is 1.03 bits per heavy atom. The molecule has 4 aliphatic rings. The molecular weight excluding hydrogens is 382 g/mol. The highest BCUT2D eigenvalue weighted by Gasteiger charge is 2.40. The van der Waals surface area contributed by atoms with Crippen molar-refractivity contribution >= 4 is 5.91 Å². The normalized spacial score (nSPS) is 27.7. The Hall–Kier alpha value is -1.51. The summed E-state index contributed by atoms with van der Waals surface area (Å²) in [6, 6.07) is 0.240. The molecule has 0 aromatic carbocycles. The highest BCUT2D eigenvalue weighted by atomic mass is 16.7. The molecule has 3 aliphatic heterocycles. The van der Waals surface area contributed by atoms with Crippen molar-refractivity contribution in [2.24, 2.45) is 0 Å². The quantitative estimate of drug-likeness (QED) is 0.807. The van der Waals surface area contributed by atoms with Crippen LogP contribution in [0.15, 0.2) is 0 Å². The Morgan fingerprint density at radius 2 is 1.87 bits per heavy atom. The van der Waals surface area contributed by atoms with Crippen molar-refractivity contribution in [3.05, 3.63) is 11.6 Å². The molecule has 1 unspecified atom stereocenters. The lowest BCUT2D eigenvalue weighted by Crippen LogP contribution is -2.48. The number of piperidine rings is 1. The second kappa shape index (κ2) is 8.93. The number of amides is 1. The molecule has 1 N–H and O–H groups in total. The average molecular weight is 418 g/mol. The second-order valence-corrected chi connectivity index (χ2v) is 9.46. The van der Waals surface area contributed by atoms with E-state index in [2.05, 4.69) is 25.0 Å². The van der Waals surface area contributed by atoms with E-state index in [9.17, 15) is 4.79 Å². The summed E-state index contributed by atoms with van der Waals surface area (Å²) in [4.78, 5) is 15.0. The molecule has 0 radical (unpaired) electrons. The lowest BCUT2D eigenvalue weighted by molar-refractivity contribution is -0.180. The monoisotopic (exact) mass is 417 g/mol. The van der Waals surface area contributed by atoms with Crippen LogP contribution >= 0.6 is 0 Å². The largest absolute Gasteiger partial charge is 0.352 e. The van der Waals surface area contributed by atoms with Crippen molar-refractivity contribution in [1.82, 2.24) is 25.0 Å². The van der Waals surface area contributed by atoms with Crippen molar-refractivity contribution in [1.29, 1.82) is 0 Å². The molecule has 1 amide bonds. The molecule has 1 aliphatic carbocycles. The van der Waals surface area contributed by atoms with Gasteiger partial charge in [-0.05, 0) is 45.1 Å². The number of fused-ring (bicyclic) bond motifs is 1. The summed E-state index contributed by atoms with van der Waals surface area (Å²) in [6.45, 7) is 4.81. The molecule has 1 atom stereocenters. The Bertz CT molecular complexity index is 735. The van der Waals surface area contributed by atoms with Gasteiger partial charge in [0.15, 0.2) is 5.79 Å². The summed E-state index contributed by atoms with van der Waals surface area (Å²) in [7, 11) is 0. The van der Waals surface area contributed by atoms with Crippen LogP contribution in [-0.2, 0) is 27.2 Å². The maximum absolute atomic E-state index is 12.7. The summed E-state index contributed by atoms with van der Waals surface area (Å²) in [6.07, 6.45) is 10.6. The summed E-state index contributed by atoms with van der Waals surface area (Å²) in [5.41, 5.74) is 0. The van der Waals surface area contributed by atoms with E-state index in [1.807, 2.05) is 0 Å². The maximum Gasteiger partial charge on any atom is 0.234 e. The van der Waals surface area contributed by atoms with Gasteiger partial charge < -0.3 is 19.4 Å². The smallest absolute Gasteiger partial charge is 0.234 e. The van der Waals surface area contributed by atoms with Gasteiger partial charge in [0.25, 0.3) is 0 Å². The number of hydrogen-bond acceptors (Lipinski definition) is 6. The van der Waals surface area contributed by atoms with E-state index in [4.69, 9.17) is 9.47 Å². The SMILES string of the molecule is O=C(CN1CCCC(c2nnc3n2CCCCC3)C1)NC1CCC2(CC1)OCCO2. The van der Waals surface area contributed by atoms with Gasteiger partial charge in [-0.15, -0.1) is 10.2 Å². The molecule has 8 heteroatoms. The number of likely N-dealkylation sites (tertiary alicyclic amines) is 1. The van der Waals surface area contributed by atoms with Crippen LogP contribution in [0.1, 0.15) is 75.4 Å². The van der Waals surface area contributed by atoms with E-state index in [1.54, 1.807) is 0 Å². The number of rotatable bonds is 4. The Kier molecular flexibility index (Phi) is 6.07. The van der Waals surface area contributed by atoms with E-state index < -0.39 is 0 Å². The number of hydrogen-bond donors (Lipinski definition) is 1. The van der Waals surface area contributed by atoms with Gasteiger partial charge in [0.2, 0.25) is 5.91 Å². The van der Waals surface area contributed by atoms with Gasteiger partial charge >= 0.3 is 0 Å². The number of aromatic nitrogens is 3. The first-order chi connectivity index (χ1) is 14.7. The van der Waals surface area contributed by atoms with E-state index in [0.29, 0.717) is 25.7 Å². The predicted octanol–water partition coefficient (Wildman–Crippen LogP) is 1.99. The fourth-order valence-electron chi connectivity index (χ4n) is 5.68. The molecule has 1 aromatic heterocycles. The zero-order valence-corrected chi connectivity index (χ0v) is 18.0. The maximum atomic E-state index is 12.7. The van der Waals surface area contributed by atoms with Gasteiger partial charge in [-0.25, -0.2) is 0 Å². The molecule has 1 aromatic rings. The van der Waals surface area contributed by atoms with Crippen LogP contribution in [0.4, 0.5) is 0 Å². The molecule has 2 saturated heterocycles. The van der Waals surface area contributed by atoms with Crippen molar-refractivity contribution in [2.45, 2.75) is 88.5 Å². The highest BCUT2D eigenvalue weighted by Crippen LogP contribution is 2.35. The minimum atomic E-state index is -0.364. The van der Waals surface area contributed by atoms with Gasteiger partial charge in [-0.1, -0.05) is 6.42 Å². The molecule has 1 spiro atoms.